The first-order chi connectivity index (χ1) is 11.8. The average molecular weight is 317 g/mol. The summed E-state index contributed by atoms with van der Waals surface area (Å²) in [6, 6.07) is 15.1. The summed E-state index contributed by atoms with van der Waals surface area (Å²) in [5.41, 5.74) is 6.32. The van der Waals surface area contributed by atoms with E-state index < -0.39 is 0 Å². The fraction of sp³-hybridized carbons (Fsp3) is 0.167. The van der Waals surface area contributed by atoms with Crippen molar-refractivity contribution in [3.63, 3.8) is 0 Å². The maximum atomic E-state index is 12.4. The summed E-state index contributed by atoms with van der Waals surface area (Å²) >= 11 is 0. The molecule has 2 N–H and O–H groups in total. The second-order valence-electron chi connectivity index (χ2n) is 5.77. The number of amides is 1. The number of rotatable bonds is 2. The summed E-state index contributed by atoms with van der Waals surface area (Å²) in [4.78, 5) is 16.9. The molecule has 6 nitrogen and oxygen atoms in total. The highest BCUT2D eigenvalue weighted by atomic mass is 16.2. The molecule has 2 unspecified atom stereocenters. The number of pyridine rings is 1. The molecule has 4 rings (SSSR count). The highest BCUT2D eigenvalue weighted by molar-refractivity contribution is 5.96. The molecule has 24 heavy (non-hydrogen) atoms. The summed E-state index contributed by atoms with van der Waals surface area (Å²) in [5, 5.41) is 14.0. The lowest BCUT2D eigenvalue weighted by Gasteiger charge is -2.32. The normalized spacial score (nSPS) is 22.4. The number of hydrogen-bond acceptors (Lipinski definition) is 5. The smallest absolute Gasteiger partial charge is 0.264 e. The molecule has 118 valence electrons. The van der Waals surface area contributed by atoms with Gasteiger partial charge in [0.25, 0.3) is 5.91 Å². The van der Waals surface area contributed by atoms with Gasteiger partial charge in [-0.15, -0.1) is 0 Å². The third-order valence-corrected chi connectivity index (χ3v) is 4.34. The fourth-order valence-electron chi connectivity index (χ4n) is 3.11. The largest absolute Gasteiger partial charge is 0.363 e. The highest BCUT2D eigenvalue weighted by Gasteiger charge is 2.41. The van der Waals surface area contributed by atoms with Crippen LogP contribution in [0.5, 0.6) is 0 Å². The van der Waals surface area contributed by atoms with Gasteiger partial charge in [-0.2, -0.15) is 5.26 Å². The van der Waals surface area contributed by atoms with E-state index >= 15 is 0 Å². The molecule has 6 heteroatoms. The van der Waals surface area contributed by atoms with Crippen molar-refractivity contribution in [2.45, 2.75) is 12.1 Å². The lowest BCUT2D eigenvalue weighted by atomic mass is 9.99. The monoisotopic (exact) mass is 317 g/mol. The van der Waals surface area contributed by atoms with E-state index in [4.69, 9.17) is 5.26 Å². The van der Waals surface area contributed by atoms with Gasteiger partial charge < -0.3 is 5.32 Å². The van der Waals surface area contributed by atoms with Gasteiger partial charge >= 0.3 is 0 Å². The number of carbonyl (C=O) groups excluding carboxylic acids is 1. The van der Waals surface area contributed by atoms with E-state index in [0.29, 0.717) is 12.1 Å². The van der Waals surface area contributed by atoms with Crippen molar-refractivity contribution in [3.8, 4) is 6.07 Å². The van der Waals surface area contributed by atoms with E-state index in [9.17, 15) is 4.79 Å². The van der Waals surface area contributed by atoms with Crippen LogP contribution in [-0.2, 0) is 4.79 Å². The van der Waals surface area contributed by atoms with Gasteiger partial charge in [-0.05, 0) is 29.8 Å². The van der Waals surface area contributed by atoms with Crippen LogP contribution in [0.4, 0.5) is 0 Å². The van der Waals surface area contributed by atoms with Crippen molar-refractivity contribution >= 4 is 11.6 Å². The molecular formula is C18H15N5O. The van der Waals surface area contributed by atoms with Gasteiger partial charge in [-0.25, -0.2) is 5.43 Å². The predicted molar refractivity (Wildman–Crippen MR) is 87.9 cm³/mol. The van der Waals surface area contributed by atoms with Crippen molar-refractivity contribution in [1.82, 2.24) is 20.7 Å². The Labute approximate surface area is 139 Å². The average Bonchev–Trinajstić information content (AvgIpc) is 3.07. The first kappa shape index (κ1) is 14.4. The second kappa shape index (κ2) is 5.80. The van der Waals surface area contributed by atoms with Gasteiger partial charge in [0, 0.05) is 30.2 Å². The van der Waals surface area contributed by atoms with Crippen molar-refractivity contribution in [3.05, 3.63) is 71.6 Å². The number of aromatic nitrogens is 1. The van der Waals surface area contributed by atoms with Crippen molar-refractivity contribution < 1.29 is 4.79 Å². The molecule has 0 spiro atoms. The fourth-order valence-corrected chi connectivity index (χ4v) is 3.11. The van der Waals surface area contributed by atoms with Crippen LogP contribution in [0.15, 0.2) is 54.7 Å². The van der Waals surface area contributed by atoms with E-state index in [1.165, 1.54) is 0 Å². The Kier molecular flexibility index (Phi) is 3.48. The lowest BCUT2D eigenvalue weighted by Crippen LogP contribution is -2.52. The zero-order valence-corrected chi connectivity index (χ0v) is 12.8. The molecular weight excluding hydrogens is 302 g/mol. The third kappa shape index (κ3) is 2.41. The molecule has 3 heterocycles. The number of carbonyl (C=O) groups is 1. The van der Waals surface area contributed by atoms with Crippen LogP contribution in [-0.4, -0.2) is 28.6 Å². The number of benzene rings is 1. The molecule has 1 amide bonds. The quantitative estimate of drug-likeness (QED) is 0.874. The number of hydrazine groups is 1. The number of hydrogen-bond donors (Lipinski definition) is 2. The summed E-state index contributed by atoms with van der Waals surface area (Å²) in [7, 11) is 0. The van der Waals surface area contributed by atoms with Gasteiger partial charge in [0.1, 0.15) is 6.17 Å². The van der Waals surface area contributed by atoms with Crippen LogP contribution in [0.2, 0.25) is 0 Å². The molecule has 0 aliphatic carbocycles. The van der Waals surface area contributed by atoms with Crippen LogP contribution in [0.3, 0.4) is 0 Å². The predicted octanol–water partition coefficient (Wildman–Crippen LogP) is 1.35. The molecule has 1 aromatic heterocycles. The Morgan fingerprint density at radius 1 is 1.21 bits per heavy atom. The SMILES string of the molecule is N#Cc1ccc(C2=CC(=O)N3NCC(c4ccccn4)C3N2)cc1. The number of fused-ring (bicyclic) bond motifs is 1. The van der Waals surface area contributed by atoms with Gasteiger partial charge in [-0.3, -0.25) is 14.8 Å². The van der Waals surface area contributed by atoms with Gasteiger partial charge in [0.2, 0.25) is 0 Å². The van der Waals surface area contributed by atoms with E-state index in [1.54, 1.807) is 29.4 Å². The summed E-state index contributed by atoms with van der Waals surface area (Å²) < 4.78 is 0. The molecule has 1 aromatic carbocycles. The van der Waals surface area contributed by atoms with Gasteiger partial charge in [0.05, 0.1) is 17.6 Å². The van der Waals surface area contributed by atoms with Crippen LogP contribution in [0.1, 0.15) is 22.7 Å². The van der Waals surface area contributed by atoms with Gasteiger partial charge in [-0.1, -0.05) is 18.2 Å². The first-order valence-corrected chi connectivity index (χ1v) is 7.72. The minimum absolute atomic E-state index is 0.0669. The van der Waals surface area contributed by atoms with E-state index in [1.807, 2.05) is 30.3 Å². The molecule has 1 fully saturated rings. The zero-order chi connectivity index (χ0) is 16.5. The van der Waals surface area contributed by atoms with E-state index in [2.05, 4.69) is 21.8 Å². The van der Waals surface area contributed by atoms with Crippen LogP contribution in [0.25, 0.3) is 5.70 Å². The molecule has 0 radical (unpaired) electrons. The molecule has 1 saturated heterocycles. The minimum Gasteiger partial charge on any atom is -0.363 e. The van der Waals surface area contributed by atoms with Crippen LogP contribution in [0, 0.1) is 11.3 Å². The molecule has 2 aliphatic rings. The third-order valence-electron chi connectivity index (χ3n) is 4.34. The van der Waals surface area contributed by atoms with E-state index in [0.717, 1.165) is 17.0 Å². The van der Waals surface area contributed by atoms with Crippen molar-refractivity contribution in [1.29, 1.82) is 5.26 Å². The van der Waals surface area contributed by atoms with Crippen molar-refractivity contribution in [2.24, 2.45) is 0 Å². The Morgan fingerprint density at radius 2 is 2.04 bits per heavy atom. The zero-order valence-electron chi connectivity index (χ0n) is 12.8. The van der Waals surface area contributed by atoms with E-state index in [-0.39, 0.29) is 18.0 Å². The number of nitrogens with one attached hydrogen (secondary N) is 2. The minimum atomic E-state index is -0.192. The van der Waals surface area contributed by atoms with Crippen LogP contribution >= 0.6 is 0 Å². The number of nitriles is 1. The Morgan fingerprint density at radius 3 is 2.75 bits per heavy atom. The Bertz CT molecular complexity index is 838. The number of nitrogens with zero attached hydrogens (tertiary/aromatic N) is 3. The highest BCUT2D eigenvalue weighted by Crippen LogP contribution is 2.29. The van der Waals surface area contributed by atoms with Gasteiger partial charge in [0.15, 0.2) is 0 Å². The summed E-state index contributed by atoms with van der Waals surface area (Å²) in [6.45, 7) is 0.648. The second-order valence-corrected chi connectivity index (χ2v) is 5.77. The van der Waals surface area contributed by atoms with Crippen molar-refractivity contribution in [2.75, 3.05) is 6.54 Å². The standard InChI is InChI=1S/C18H15N5O/c19-10-12-4-6-13(7-5-12)16-9-17(24)23-18(22-16)14(11-21-23)15-3-1-2-8-20-15/h1-9,14,18,21-22H,11H2. The molecule has 2 atom stereocenters. The molecule has 2 aromatic rings. The maximum absolute atomic E-state index is 12.4. The first-order valence-electron chi connectivity index (χ1n) is 7.72. The summed E-state index contributed by atoms with van der Waals surface area (Å²) in [6.07, 6.45) is 3.15. The molecule has 0 saturated carbocycles. The lowest BCUT2D eigenvalue weighted by molar-refractivity contribution is -0.130. The van der Waals surface area contributed by atoms with Crippen LogP contribution < -0.4 is 10.7 Å². The Balaban J connectivity index is 1.64. The molecule has 0 bridgehead atoms. The summed E-state index contributed by atoms with van der Waals surface area (Å²) in [5.74, 6) is -0.0197. The topological polar surface area (TPSA) is 81.1 Å². The molecule has 2 aliphatic heterocycles. The maximum Gasteiger partial charge on any atom is 0.264 e. The Hall–Kier alpha value is -3.17.